The van der Waals surface area contributed by atoms with Crippen LogP contribution >= 0.6 is 0 Å². The number of aryl methyl sites for hydroxylation is 1. The van der Waals surface area contributed by atoms with Crippen molar-refractivity contribution in [3.63, 3.8) is 0 Å². The van der Waals surface area contributed by atoms with E-state index in [9.17, 15) is 22.8 Å². The molecule has 2 aromatic rings. The van der Waals surface area contributed by atoms with E-state index in [1.54, 1.807) is 13.0 Å². The first-order chi connectivity index (χ1) is 12.4. The summed E-state index contributed by atoms with van der Waals surface area (Å²) in [6.45, 7) is 2.10. The molecule has 2 amide bonds. The molecule has 138 valence electrons. The highest BCUT2D eigenvalue weighted by Gasteiger charge is 2.30. The molecule has 1 aromatic carbocycles. The average Bonchev–Trinajstić information content (AvgIpc) is 3.04. The van der Waals surface area contributed by atoms with E-state index in [0.717, 1.165) is 6.07 Å². The molecule has 9 heteroatoms. The van der Waals surface area contributed by atoms with Crippen LogP contribution in [-0.2, 0) is 4.79 Å². The Labute approximate surface area is 146 Å². The second-order valence-electron chi connectivity index (χ2n) is 6.10. The lowest BCUT2D eigenvalue weighted by atomic mass is 9.95. The number of hydrogen-bond acceptors (Lipinski definition) is 4. The molecule has 1 aliphatic rings. The van der Waals surface area contributed by atoms with Gasteiger partial charge in [0.05, 0.1) is 5.56 Å². The molecule has 1 fully saturated rings. The molecule has 0 spiro atoms. The van der Waals surface area contributed by atoms with Crippen LogP contribution in [0.2, 0.25) is 0 Å². The zero-order valence-corrected chi connectivity index (χ0v) is 13.9. The number of amides is 2. The second kappa shape index (κ2) is 7.19. The minimum absolute atomic E-state index is 0.202. The summed E-state index contributed by atoms with van der Waals surface area (Å²) in [4.78, 5) is 25.9. The number of piperidine rings is 1. The van der Waals surface area contributed by atoms with Crippen LogP contribution in [0.1, 0.15) is 29.0 Å². The lowest BCUT2D eigenvalue weighted by Gasteiger charge is -2.31. The monoisotopic (exact) mass is 367 g/mol. The Bertz CT molecular complexity index is 845. The molecular weight excluding hydrogens is 351 g/mol. The highest BCUT2D eigenvalue weighted by atomic mass is 19.2. The van der Waals surface area contributed by atoms with Crippen molar-refractivity contribution >= 4 is 17.6 Å². The number of rotatable bonds is 3. The molecule has 0 radical (unpaired) electrons. The van der Waals surface area contributed by atoms with Crippen molar-refractivity contribution in [3.05, 3.63) is 47.0 Å². The average molecular weight is 367 g/mol. The lowest BCUT2D eigenvalue weighted by Crippen LogP contribution is -2.41. The molecule has 6 nitrogen and oxygen atoms in total. The van der Waals surface area contributed by atoms with E-state index < -0.39 is 28.9 Å². The number of carbonyl (C=O) groups is 2. The van der Waals surface area contributed by atoms with E-state index in [4.69, 9.17) is 4.52 Å². The highest BCUT2D eigenvalue weighted by molar-refractivity contribution is 5.95. The van der Waals surface area contributed by atoms with E-state index in [1.807, 2.05) is 0 Å². The fourth-order valence-electron chi connectivity index (χ4n) is 2.86. The first-order valence-corrected chi connectivity index (χ1v) is 8.03. The van der Waals surface area contributed by atoms with Gasteiger partial charge in [0, 0.05) is 25.1 Å². The van der Waals surface area contributed by atoms with E-state index in [-0.39, 0.29) is 24.9 Å². The van der Waals surface area contributed by atoms with Gasteiger partial charge in [-0.05, 0) is 31.9 Å². The Balaban J connectivity index is 1.60. The number of carbonyl (C=O) groups excluding carboxylic acids is 2. The molecule has 1 saturated heterocycles. The predicted molar refractivity (Wildman–Crippen MR) is 84.8 cm³/mol. The summed E-state index contributed by atoms with van der Waals surface area (Å²) >= 11 is 0. The Morgan fingerprint density at radius 3 is 2.50 bits per heavy atom. The summed E-state index contributed by atoms with van der Waals surface area (Å²) in [5, 5.41) is 6.31. The topological polar surface area (TPSA) is 75.4 Å². The van der Waals surface area contributed by atoms with Crippen molar-refractivity contribution in [3.8, 4) is 0 Å². The van der Waals surface area contributed by atoms with Gasteiger partial charge in [0.2, 0.25) is 5.91 Å². The molecule has 0 atom stereocenters. The van der Waals surface area contributed by atoms with Crippen LogP contribution in [0.15, 0.2) is 22.7 Å². The third kappa shape index (κ3) is 3.56. The molecule has 2 heterocycles. The molecule has 0 bridgehead atoms. The summed E-state index contributed by atoms with van der Waals surface area (Å²) in [5.41, 5.74) is -0.523. The van der Waals surface area contributed by atoms with Gasteiger partial charge in [0.1, 0.15) is 5.76 Å². The second-order valence-corrected chi connectivity index (χ2v) is 6.10. The van der Waals surface area contributed by atoms with Crippen LogP contribution in [0.5, 0.6) is 0 Å². The molecule has 0 saturated carbocycles. The molecule has 26 heavy (non-hydrogen) atoms. The van der Waals surface area contributed by atoms with Crippen molar-refractivity contribution in [1.29, 1.82) is 0 Å². The van der Waals surface area contributed by atoms with E-state index in [0.29, 0.717) is 30.5 Å². The highest BCUT2D eigenvalue weighted by Crippen LogP contribution is 2.23. The Morgan fingerprint density at radius 1 is 1.19 bits per heavy atom. The van der Waals surface area contributed by atoms with E-state index in [1.165, 1.54) is 4.90 Å². The van der Waals surface area contributed by atoms with Gasteiger partial charge in [-0.3, -0.25) is 9.59 Å². The first kappa shape index (κ1) is 18.0. The van der Waals surface area contributed by atoms with Gasteiger partial charge in [-0.15, -0.1) is 0 Å². The van der Waals surface area contributed by atoms with Crippen LogP contribution in [0.25, 0.3) is 0 Å². The fraction of sp³-hybridized carbons (Fsp3) is 0.353. The summed E-state index contributed by atoms with van der Waals surface area (Å²) in [6.07, 6.45) is 0.722. The number of hydrogen-bond donors (Lipinski definition) is 1. The number of benzene rings is 1. The first-order valence-electron chi connectivity index (χ1n) is 8.03. The van der Waals surface area contributed by atoms with Gasteiger partial charge in [-0.1, -0.05) is 5.16 Å². The molecule has 0 unspecified atom stereocenters. The van der Waals surface area contributed by atoms with Crippen LogP contribution in [0.3, 0.4) is 0 Å². The van der Waals surface area contributed by atoms with Crippen LogP contribution in [0.4, 0.5) is 19.0 Å². The smallest absolute Gasteiger partial charge is 0.256 e. The number of anilines is 1. The zero-order valence-electron chi connectivity index (χ0n) is 13.9. The maximum atomic E-state index is 13.8. The van der Waals surface area contributed by atoms with Crippen molar-refractivity contribution in [1.82, 2.24) is 10.1 Å². The summed E-state index contributed by atoms with van der Waals surface area (Å²) in [7, 11) is 0. The van der Waals surface area contributed by atoms with Gasteiger partial charge >= 0.3 is 0 Å². The Kier molecular flexibility index (Phi) is 4.97. The summed E-state index contributed by atoms with van der Waals surface area (Å²) in [6, 6.07) is 3.22. The quantitative estimate of drug-likeness (QED) is 0.847. The third-order valence-corrected chi connectivity index (χ3v) is 4.30. The normalized spacial score (nSPS) is 15.2. The number of nitrogens with one attached hydrogen (secondary N) is 1. The van der Waals surface area contributed by atoms with Gasteiger partial charge in [-0.2, -0.15) is 0 Å². The zero-order chi connectivity index (χ0) is 18.8. The van der Waals surface area contributed by atoms with Crippen LogP contribution in [-0.4, -0.2) is 35.0 Å². The van der Waals surface area contributed by atoms with Crippen molar-refractivity contribution in [2.24, 2.45) is 5.92 Å². The summed E-state index contributed by atoms with van der Waals surface area (Å²) < 4.78 is 44.9. The predicted octanol–water partition coefficient (Wildman–Crippen LogP) is 2.89. The van der Waals surface area contributed by atoms with Gasteiger partial charge in [0.15, 0.2) is 23.3 Å². The SMILES string of the molecule is Cc1cc(NC(=O)C2CCN(C(=O)c3ccc(F)c(F)c3F)CC2)no1. The molecule has 1 aromatic heterocycles. The molecule has 0 aliphatic carbocycles. The molecular formula is C17H16F3N3O3. The molecule has 1 N–H and O–H groups in total. The standard InChI is InChI=1S/C17H16F3N3O3/c1-9-8-13(22-26-9)21-16(24)10-4-6-23(7-5-10)17(25)11-2-3-12(18)15(20)14(11)19/h2-3,8,10H,4-7H2,1H3,(H,21,22,24). The molecule has 3 rings (SSSR count). The van der Waals surface area contributed by atoms with Crippen molar-refractivity contribution in [2.75, 3.05) is 18.4 Å². The fourth-order valence-corrected chi connectivity index (χ4v) is 2.86. The number of nitrogens with zero attached hydrogens (tertiary/aromatic N) is 2. The number of halogens is 3. The largest absolute Gasteiger partial charge is 0.360 e. The number of likely N-dealkylation sites (tertiary alicyclic amines) is 1. The van der Waals surface area contributed by atoms with Gasteiger partial charge in [-0.25, -0.2) is 13.2 Å². The number of aromatic nitrogens is 1. The maximum absolute atomic E-state index is 13.8. The molecule has 1 aliphatic heterocycles. The minimum atomic E-state index is -1.67. The van der Waals surface area contributed by atoms with E-state index >= 15 is 0 Å². The summed E-state index contributed by atoms with van der Waals surface area (Å²) in [5.74, 6) is -4.96. The van der Waals surface area contributed by atoms with Gasteiger partial charge < -0.3 is 14.7 Å². The van der Waals surface area contributed by atoms with Crippen LogP contribution in [0, 0.1) is 30.3 Å². The van der Waals surface area contributed by atoms with Crippen molar-refractivity contribution in [2.45, 2.75) is 19.8 Å². The third-order valence-electron chi connectivity index (χ3n) is 4.30. The van der Waals surface area contributed by atoms with E-state index in [2.05, 4.69) is 10.5 Å². The maximum Gasteiger partial charge on any atom is 0.256 e. The lowest BCUT2D eigenvalue weighted by molar-refractivity contribution is -0.121. The van der Waals surface area contributed by atoms with Crippen LogP contribution < -0.4 is 5.32 Å². The Hall–Kier alpha value is -2.84. The Morgan fingerprint density at radius 2 is 1.88 bits per heavy atom. The minimum Gasteiger partial charge on any atom is -0.360 e. The van der Waals surface area contributed by atoms with Gasteiger partial charge in [0.25, 0.3) is 5.91 Å². The van der Waals surface area contributed by atoms with Crippen molar-refractivity contribution < 1.29 is 27.3 Å².